The largest absolute Gasteiger partial charge is 0.475 e. The van der Waals surface area contributed by atoms with Gasteiger partial charge in [-0.15, -0.1) is 0 Å². The van der Waals surface area contributed by atoms with E-state index in [4.69, 9.17) is 14.2 Å². The maximum atomic E-state index is 10.9. The summed E-state index contributed by atoms with van der Waals surface area (Å²) >= 11 is 0. The molecule has 0 saturated carbocycles. The third-order valence-electron chi connectivity index (χ3n) is 5.67. The van der Waals surface area contributed by atoms with Crippen molar-refractivity contribution in [2.75, 3.05) is 19.8 Å². The Morgan fingerprint density at radius 1 is 1.27 bits per heavy atom. The van der Waals surface area contributed by atoms with Crippen LogP contribution in [0.5, 0.6) is 0 Å². The van der Waals surface area contributed by atoms with Gasteiger partial charge in [0, 0.05) is 18.1 Å². The summed E-state index contributed by atoms with van der Waals surface area (Å²) in [5.41, 5.74) is -0.0198. The quantitative estimate of drug-likeness (QED) is 0.714. The van der Waals surface area contributed by atoms with Crippen LogP contribution in [0.1, 0.15) is 33.3 Å². The van der Waals surface area contributed by atoms with Crippen molar-refractivity contribution in [2.24, 2.45) is 10.9 Å². The van der Waals surface area contributed by atoms with Gasteiger partial charge in [0.2, 0.25) is 5.90 Å². The van der Waals surface area contributed by atoms with E-state index in [1.807, 2.05) is 37.3 Å². The zero-order chi connectivity index (χ0) is 19.6. The highest BCUT2D eigenvalue weighted by Crippen LogP contribution is 2.38. The number of aliphatic hydroxyl groups is 2. The van der Waals surface area contributed by atoms with Crippen LogP contribution in [0.2, 0.25) is 18.1 Å². The lowest BCUT2D eigenvalue weighted by molar-refractivity contribution is -0.0152. The van der Waals surface area contributed by atoms with Crippen molar-refractivity contribution in [3.63, 3.8) is 0 Å². The Morgan fingerprint density at radius 2 is 1.88 bits per heavy atom. The maximum absolute atomic E-state index is 10.9. The first-order valence-corrected chi connectivity index (χ1v) is 12.1. The molecule has 0 bridgehead atoms. The van der Waals surface area contributed by atoms with Crippen LogP contribution in [0.3, 0.4) is 0 Å². The summed E-state index contributed by atoms with van der Waals surface area (Å²) in [5.74, 6) is 0.203. The van der Waals surface area contributed by atoms with Crippen molar-refractivity contribution in [3.8, 4) is 0 Å². The van der Waals surface area contributed by atoms with E-state index in [9.17, 15) is 10.2 Å². The van der Waals surface area contributed by atoms with Gasteiger partial charge in [-0.05, 0) is 30.3 Å². The first kappa shape index (κ1) is 21.1. The van der Waals surface area contributed by atoms with Crippen LogP contribution in [0.25, 0.3) is 0 Å². The molecular weight excluding hydrogens is 346 g/mol. The molecule has 2 rings (SSSR count). The van der Waals surface area contributed by atoms with E-state index < -0.39 is 20.0 Å². The molecule has 0 amide bonds. The van der Waals surface area contributed by atoms with E-state index in [1.54, 1.807) is 0 Å². The Labute approximate surface area is 158 Å². The van der Waals surface area contributed by atoms with Crippen LogP contribution >= 0.6 is 0 Å². The van der Waals surface area contributed by atoms with Gasteiger partial charge >= 0.3 is 0 Å². The number of ether oxygens (including phenoxy) is 1. The Bertz CT molecular complexity index is 626. The fraction of sp³-hybridized carbons (Fsp3) is 0.650. The van der Waals surface area contributed by atoms with E-state index in [2.05, 4.69) is 33.9 Å². The van der Waals surface area contributed by atoms with E-state index >= 15 is 0 Å². The van der Waals surface area contributed by atoms with Crippen LogP contribution in [0.4, 0.5) is 0 Å². The number of hydrogen-bond donors (Lipinski definition) is 2. The van der Waals surface area contributed by atoms with Gasteiger partial charge in [0.05, 0.1) is 12.7 Å². The predicted molar refractivity (Wildman–Crippen MR) is 107 cm³/mol. The van der Waals surface area contributed by atoms with Gasteiger partial charge in [-0.3, -0.25) is 0 Å². The number of rotatable bonds is 7. The van der Waals surface area contributed by atoms with Crippen LogP contribution in [-0.4, -0.2) is 55.9 Å². The van der Waals surface area contributed by atoms with Crippen LogP contribution in [0.15, 0.2) is 35.3 Å². The summed E-state index contributed by atoms with van der Waals surface area (Å²) in [7, 11) is -2.01. The normalized spacial score (nSPS) is 23.3. The van der Waals surface area contributed by atoms with Crippen molar-refractivity contribution >= 4 is 14.2 Å². The van der Waals surface area contributed by atoms with Gasteiger partial charge in [-0.25, -0.2) is 4.99 Å². The molecule has 2 N–H and O–H groups in total. The van der Waals surface area contributed by atoms with E-state index in [-0.39, 0.29) is 30.8 Å². The molecule has 3 atom stereocenters. The summed E-state index contributed by atoms with van der Waals surface area (Å²) < 4.78 is 12.3. The van der Waals surface area contributed by atoms with Gasteiger partial charge in [-0.1, -0.05) is 45.9 Å². The molecule has 0 unspecified atom stereocenters. The summed E-state index contributed by atoms with van der Waals surface area (Å²) in [6, 6.07) is 9.67. The number of aliphatic imine (C=N–C) groups is 1. The highest BCUT2D eigenvalue weighted by molar-refractivity contribution is 6.74. The topological polar surface area (TPSA) is 71.3 Å². The fourth-order valence-corrected chi connectivity index (χ4v) is 3.69. The van der Waals surface area contributed by atoms with Crippen molar-refractivity contribution in [3.05, 3.63) is 35.9 Å². The molecule has 1 aliphatic heterocycles. The fourth-order valence-electron chi connectivity index (χ4n) is 2.65. The highest BCUT2D eigenvalue weighted by atomic mass is 28.4. The third-order valence-corrected chi connectivity index (χ3v) is 10.1. The van der Waals surface area contributed by atoms with E-state index in [0.717, 1.165) is 5.56 Å². The minimum atomic E-state index is -2.01. The minimum Gasteiger partial charge on any atom is -0.475 e. The molecule has 0 saturated heterocycles. The maximum Gasteiger partial charge on any atom is 0.217 e. The number of nitrogens with zero attached hydrogens (tertiary/aromatic N) is 1. The molecule has 1 aromatic carbocycles. The van der Waals surface area contributed by atoms with Gasteiger partial charge in [0.15, 0.2) is 8.32 Å². The summed E-state index contributed by atoms with van der Waals surface area (Å²) in [6.45, 7) is 13.1. The predicted octanol–water partition coefficient (Wildman–Crippen LogP) is 3.21. The molecular formula is C20H33NO4Si. The second-order valence-electron chi connectivity index (χ2n) is 8.83. The van der Waals surface area contributed by atoms with Gasteiger partial charge < -0.3 is 19.4 Å². The van der Waals surface area contributed by atoms with Crippen molar-refractivity contribution in [2.45, 2.75) is 57.5 Å². The SMILES string of the molecule is C[C@H](CO)[C@H](O)[C@]1(CO[Si](C)(C)C(C)(C)C)COC(c2ccccc2)=N1. The Morgan fingerprint density at radius 3 is 2.42 bits per heavy atom. The van der Waals surface area contributed by atoms with Crippen LogP contribution < -0.4 is 0 Å². The Balaban J connectivity index is 2.32. The average Bonchev–Trinajstić information content (AvgIpc) is 3.04. The summed E-state index contributed by atoms with van der Waals surface area (Å²) in [4.78, 5) is 4.77. The second kappa shape index (κ2) is 7.80. The smallest absolute Gasteiger partial charge is 0.217 e. The van der Waals surface area contributed by atoms with E-state index in [1.165, 1.54) is 0 Å². The van der Waals surface area contributed by atoms with Crippen LogP contribution in [-0.2, 0) is 9.16 Å². The number of benzene rings is 1. The first-order chi connectivity index (χ1) is 12.0. The zero-order valence-electron chi connectivity index (χ0n) is 16.8. The van der Waals surface area contributed by atoms with E-state index in [0.29, 0.717) is 5.90 Å². The lowest BCUT2D eigenvalue weighted by Gasteiger charge is -2.40. The monoisotopic (exact) mass is 379 g/mol. The second-order valence-corrected chi connectivity index (χ2v) is 13.6. The highest BCUT2D eigenvalue weighted by Gasteiger charge is 2.48. The lowest BCUT2D eigenvalue weighted by Crippen LogP contribution is -2.53. The standard InChI is InChI=1S/C20H33NO4Si/c1-15(12-22)17(23)20(14-25-26(5,6)19(2,3)4)13-24-18(21-20)16-10-8-7-9-11-16/h7-11,15,17,22-23H,12-14H2,1-6H3/t15-,17+,20-/m1/s1. The first-order valence-electron chi connectivity index (χ1n) is 9.23. The third kappa shape index (κ3) is 4.36. The molecule has 0 aliphatic carbocycles. The van der Waals surface area contributed by atoms with Crippen molar-refractivity contribution in [1.82, 2.24) is 0 Å². The molecule has 26 heavy (non-hydrogen) atoms. The average molecular weight is 380 g/mol. The van der Waals surface area contributed by atoms with Crippen molar-refractivity contribution in [1.29, 1.82) is 0 Å². The van der Waals surface area contributed by atoms with Gasteiger partial charge in [0.25, 0.3) is 0 Å². The molecule has 0 spiro atoms. The van der Waals surface area contributed by atoms with Gasteiger partial charge in [0.1, 0.15) is 12.1 Å². The lowest BCUT2D eigenvalue weighted by atomic mass is 9.87. The van der Waals surface area contributed by atoms with Gasteiger partial charge in [-0.2, -0.15) is 0 Å². The molecule has 0 aromatic heterocycles. The Kier molecular flexibility index (Phi) is 6.33. The Hall–Kier alpha value is -1.21. The molecule has 0 fully saturated rings. The van der Waals surface area contributed by atoms with Crippen LogP contribution in [0, 0.1) is 5.92 Å². The molecule has 1 aromatic rings. The summed E-state index contributed by atoms with van der Waals surface area (Å²) in [6.07, 6.45) is -0.849. The van der Waals surface area contributed by atoms with Crippen molar-refractivity contribution < 1.29 is 19.4 Å². The molecule has 1 heterocycles. The molecule has 0 radical (unpaired) electrons. The minimum absolute atomic E-state index is 0.0627. The molecule has 146 valence electrons. The molecule has 5 nitrogen and oxygen atoms in total. The number of hydrogen-bond acceptors (Lipinski definition) is 5. The number of aliphatic hydroxyl groups excluding tert-OH is 2. The molecule has 1 aliphatic rings. The summed E-state index contributed by atoms with van der Waals surface area (Å²) in [5, 5.41) is 20.5. The molecule has 6 heteroatoms. The zero-order valence-corrected chi connectivity index (χ0v) is 17.8.